The summed E-state index contributed by atoms with van der Waals surface area (Å²) in [6, 6.07) is 13.5. The van der Waals surface area contributed by atoms with E-state index in [0.717, 1.165) is 41.4 Å². The van der Waals surface area contributed by atoms with Crippen molar-refractivity contribution in [3.63, 3.8) is 0 Å². The topological polar surface area (TPSA) is 84.5 Å². The molecule has 0 atom stereocenters. The molecule has 0 aliphatic heterocycles. The van der Waals surface area contributed by atoms with Crippen LogP contribution in [0.1, 0.15) is 32.1 Å². The Bertz CT molecular complexity index is 849. The number of rotatable bonds is 6. The minimum Gasteiger partial charge on any atom is -0.455 e. The van der Waals surface area contributed by atoms with Gasteiger partial charge in [-0.15, -0.1) is 11.8 Å². The Morgan fingerprint density at radius 3 is 2.54 bits per heavy atom. The maximum Gasteiger partial charge on any atom is 0.321 e. The van der Waals surface area contributed by atoms with Gasteiger partial charge in [-0.2, -0.15) is 0 Å². The quantitative estimate of drug-likeness (QED) is 0.571. The Morgan fingerprint density at radius 1 is 1.00 bits per heavy atom. The molecule has 0 spiro atoms. The summed E-state index contributed by atoms with van der Waals surface area (Å²) >= 11 is 1.35. The van der Waals surface area contributed by atoms with E-state index in [2.05, 4.69) is 10.6 Å². The first-order valence-corrected chi connectivity index (χ1v) is 10.5. The number of thioether (sulfide) groups is 1. The third-order valence-electron chi connectivity index (χ3n) is 4.64. The predicted molar refractivity (Wildman–Crippen MR) is 109 cm³/mol. The molecule has 1 fully saturated rings. The second kappa shape index (κ2) is 10.1. The molecule has 0 bridgehead atoms. The number of benzene rings is 2. The van der Waals surface area contributed by atoms with Crippen molar-refractivity contribution in [2.75, 3.05) is 12.4 Å². The fourth-order valence-electron chi connectivity index (χ4n) is 3.22. The molecule has 28 heavy (non-hydrogen) atoms. The molecule has 3 rings (SSSR count). The molecule has 0 heterocycles. The lowest BCUT2D eigenvalue weighted by Crippen LogP contribution is -2.46. The number of carbonyl (C=O) groups excluding carboxylic acids is 3. The molecule has 2 N–H and O–H groups in total. The van der Waals surface area contributed by atoms with Crippen LogP contribution in [0.4, 0.5) is 4.79 Å². The largest absolute Gasteiger partial charge is 0.455 e. The van der Waals surface area contributed by atoms with E-state index in [4.69, 9.17) is 4.74 Å². The third kappa shape index (κ3) is 6.27. The predicted octanol–water partition coefficient (Wildman–Crippen LogP) is 3.63. The number of fused-ring (bicyclic) bond motifs is 1. The zero-order valence-corrected chi connectivity index (χ0v) is 16.4. The molecular formula is C21H24N2O4S. The van der Waals surface area contributed by atoms with Crippen molar-refractivity contribution in [2.45, 2.75) is 43.0 Å². The fourth-order valence-corrected chi connectivity index (χ4v) is 3.96. The molecule has 1 aliphatic rings. The lowest BCUT2D eigenvalue weighted by molar-refractivity contribution is -0.145. The highest BCUT2D eigenvalue weighted by Gasteiger charge is 2.17. The van der Waals surface area contributed by atoms with Crippen molar-refractivity contribution >= 4 is 40.4 Å². The number of carbonyl (C=O) groups is 3. The third-order valence-corrected chi connectivity index (χ3v) is 5.60. The highest BCUT2D eigenvalue weighted by Crippen LogP contribution is 2.23. The zero-order valence-electron chi connectivity index (χ0n) is 15.6. The summed E-state index contributed by atoms with van der Waals surface area (Å²) in [6.45, 7) is -0.463. The summed E-state index contributed by atoms with van der Waals surface area (Å²) in [5, 5.41) is 7.22. The molecule has 0 unspecified atom stereocenters. The van der Waals surface area contributed by atoms with Crippen molar-refractivity contribution in [3.8, 4) is 0 Å². The molecule has 1 saturated carbocycles. The summed E-state index contributed by atoms with van der Waals surface area (Å²) in [4.78, 5) is 36.4. The Kier molecular flexibility index (Phi) is 7.31. The van der Waals surface area contributed by atoms with Crippen LogP contribution in [0.2, 0.25) is 0 Å². The van der Waals surface area contributed by atoms with Crippen molar-refractivity contribution in [1.82, 2.24) is 10.6 Å². The van der Waals surface area contributed by atoms with Gasteiger partial charge in [0.1, 0.15) is 0 Å². The van der Waals surface area contributed by atoms with Crippen LogP contribution in [0.15, 0.2) is 47.4 Å². The first kappa shape index (κ1) is 20.2. The molecule has 148 valence electrons. The summed E-state index contributed by atoms with van der Waals surface area (Å²) in [5.41, 5.74) is 0. The summed E-state index contributed by atoms with van der Waals surface area (Å²) < 4.78 is 4.95. The smallest absolute Gasteiger partial charge is 0.321 e. The Balaban J connectivity index is 1.36. The van der Waals surface area contributed by atoms with Crippen LogP contribution in [-0.4, -0.2) is 36.3 Å². The number of hydrogen-bond donors (Lipinski definition) is 2. The molecule has 2 aromatic rings. The van der Waals surface area contributed by atoms with Crippen LogP contribution in [0, 0.1) is 0 Å². The average molecular weight is 401 g/mol. The monoisotopic (exact) mass is 400 g/mol. The molecule has 1 aliphatic carbocycles. The maximum absolute atomic E-state index is 11.9. The van der Waals surface area contributed by atoms with Gasteiger partial charge in [0.15, 0.2) is 6.61 Å². The normalized spacial score (nSPS) is 14.4. The number of imide groups is 1. The number of esters is 1. The first-order valence-electron chi connectivity index (χ1n) is 9.48. The van der Waals surface area contributed by atoms with E-state index in [9.17, 15) is 14.4 Å². The summed E-state index contributed by atoms with van der Waals surface area (Å²) in [6.07, 6.45) is 5.23. The van der Waals surface area contributed by atoms with Gasteiger partial charge in [-0.1, -0.05) is 49.6 Å². The number of amides is 3. The molecule has 0 aromatic heterocycles. The van der Waals surface area contributed by atoms with E-state index >= 15 is 0 Å². The summed E-state index contributed by atoms with van der Waals surface area (Å²) in [7, 11) is 0. The van der Waals surface area contributed by atoms with Gasteiger partial charge in [-0.05, 0) is 35.7 Å². The van der Waals surface area contributed by atoms with Crippen molar-refractivity contribution < 1.29 is 19.1 Å². The van der Waals surface area contributed by atoms with Gasteiger partial charge >= 0.3 is 12.0 Å². The standard InChI is InChI=1S/C21H24N2O4S/c24-19(23-21(26)22-17-8-2-1-3-9-17)13-27-20(25)14-28-18-11-10-15-6-4-5-7-16(15)12-18/h4-7,10-12,17H,1-3,8-9,13-14H2,(H2,22,23,24,26). The SMILES string of the molecule is O=C(COC(=O)CSc1ccc2ccccc2c1)NC(=O)NC1CCCCC1. The second-order valence-electron chi connectivity index (χ2n) is 6.81. The first-order chi connectivity index (χ1) is 13.6. The van der Waals surface area contributed by atoms with Crippen molar-refractivity contribution in [2.24, 2.45) is 0 Å². The van der Waals surface area contributed by atoms with E-state index in [-0.39, 0.29) is 11.8 Å². The highest BCUT2D eigenvalue weighted by molar-refractivity contribution is 8.00. The molecule has 0 radical (unpaired) electrons. The van der Waals surface area contributed by atoms with Gasteiger partial charge in [-0.25, -0.2) is 4.79 Å². The van der Waals surface area contributed by atoms with E-state index < -0.39 is 24.5 Å². The number of ether oxygens (including phenoxy) is 1. The minimum absolute atomic E-state index is 0.0971. The number of urea groups is 1. The van der Waals surface area contributed by atoms with E-state index in [0.29, 0.717) is 0 Å². The van der Waals surface area contributed by atoms with Crippen LogP contribution >= 0.6 is 11.8 Å². The molecular weight excluding hydrogens is 376 g/mol. The lowest BCUT2D eigenvalue weighted by atomic mass is 9.96. The van der Waals surface area contributed by atoms with Crippen molar-refractivity contribution in [1.29, 1.82) is 0 Å². The van der Waals surface area contributed by atoms with Gasteiger partial charge in [0.05, 0.1) is 5.75 Å². The van der Waals surface area contributed by atoms with Gasteiger partial charge < -0.3 is 10.1 Å². The number of hydrogen-bond acceptors (Lipinski definition) is 5. The Labute approximate surface area is 168 Å². The molecule has 3 amide bonds. The van der Waals surface area contributed by atoms with Crippen LogP contribution < -0.4 is 10.6 Å². The molecule has 6 nitrogen and oxygen atoms in total. The van der Waals surface area contributed by atoms with Gasteiger partial charge in [0.25, 0.3) is 5.91 Å². The zero-order chi connectivity index (χ0) is 19.8. The minimum atomic E-state index is -0.627. The lowest BCUT2D eigenvalue weighted by Gasteiger charge is -2.22. The maximum atomic E-state index is 11.9. The Hall–Kier alpha value is -2.54. The molecule has 2 aromatic carbocycles. The van der Waals surface area contributed by atoms with Crippen LogP contribution in [-0.2, 0) is 14.3 Å². The Morgan fingerprint density at radius 2 is 1.75 bits per heavy atom. The number of nitrogens with one attached hydrogen (secondary N) is 2. The van der Waals surface area contributed by atoms with Crippen molar-refractivity contribution in [3.05, 3.63) is 42.5 Å². The van der Waals surface area contributed by atoms with E-state index in [1.54, 1.807) is 0 Å². The highest BCUT2D eigenvalue weighted by atomic mass is 32.2. The van der Waals surface area contributed by atoms with Crippen LogP contribution in [0.3, 0.4) is 0 Å². The van der Waals surface area contributed by atoms with Gasteiger partial charge in [-0.3, -0.25) is 14.9 Å². The fraction of sp³-hybridized carbons (Fsp3) is 0.381. The van der Waals surface area contributed by atoms with Crippen LogP contribution in [0.5, 0.6) is 0 Å². The van der Waals surface area contributed by atoms with E-state index in [1.165, 1.54) is 18.2 Å². The average Bonchev–Trinajstić information content (AvgIpc) is 2.71. The molecule has 0 saturated heterocycles. The van der Waals surface area contributed by atoms with Crippen LogP contribution in [0.25, 0.3) is 10.8 Å². The van der Waals surface area contributed by atoms with Gasteiger partial charge in [0, 0.05) is 10.9 Å². The van der Waals surface area contributed by atoms with Gasteiger partial charge in [0.2, 0.25) is 0 Å². The van der Waals surface area contributed by atoms with E-state index in [1.807, 2.05) is 42.5 Å². The second-order valence-corrected chi connectivity index (χ2v) is 7.86. The molecule has 7 heteroatoms. The summed E-state index contributed by atoms with van der Waals surface area (Å²) in [5.74, 6) is -1.03.